The first-order valence-electron chi connectivity index (χ1n) is 4.63. The molecule has 1 amide bonds. The predicted molar refractivity (Wildman–Crippen MR) is 49.4 cm³/mol. The first kappa shape index (κ1) is 11.0. The third kappa shape index (κ3) is 2.71. The Kier molecular flexibility index (Phi) is 4.42. The number of hydrogen-bond donors (Lipinski definition) is 2. The molecule has 1 heterocycles. The molecule has 0 bridgehead atoms. The Morgan fingerprint density at radius 3 is 2.50 bits per heavy atom. The van der Waals surface area contributed by atoms with E-state index in [0.29, 0.717) is 12.4 Å². The fraction of sp³-hybridized carbons (Fsp3) is 0.667. The minimum atomic E-state index is -0.259. The van der Waals surface area contributed by atoms with Gasteiger partial charge in [-0.25, -0.2) is 0 Å². The highest BCUT2D eigenvalue weighted by Gasteiger charge is 2.20. The van der Waals surface area contributed by atoms with Crippen LogP contribution in [0.2, 0.25) is 0 Å². The van der Waals surface area contributed by atoms with E-state index >= 15 is 0 Å². The molecule has 5 heteroatoms. The van der Waals surface area contributed by atoms with Crippen molar-refractivity contribution in [2.75, 3.05) is 32.9 Å². The average Bonchev–Trinajstić information content (AvgIpc) is 2.69. The molecule has 0 atom stereocenters. The molecule has 0 spiro atoms. The first-order chi connectivity index (χ1) is 6.79. The highest BCUT2D eigenvalue weighted by Crippen LogP contribution is 2.11. The van der Waals surface area contributed by atoms with Gasteiger partial charge in [0, 0.05) is 19.5 Å². The molecule has 0 fully saturated rings. The smallest absolute Gasteiger partial charge is 0.288 e. The summed E-state index contributed by atoms with van der Waals surface area (Å²) in [7, 11) is 0. The van der Waals surface area contributed by atoms with Crippen LogP contribution in [0.1, 0.15) is 6.42 Å². The number of nitrogens with zero attached hydrogens (tertiary/aromatic N) is 1. The lowest BCUT2D eigenvalue weighted by Gasteiger charge is -2.20. The molecule has 0 aromatic carbocycles. The summed E-state index contributed by atoms with van der Waals surface area (Å²) >= 11 is 0. The molecular formula is C9H15NO4. The Morgan fingerprint density at radius 1 is 1.43 bits per heavy atom. The van der Waals surface area contributed by atoms with Crippen molar-refractivity contribution < 1.29 is 19.7 Å². The fourth-order valence-corrected chi connectivity index (χ4v) is 1.28. The van der Waals surface area contributed by atoms with E-state index < -0.39 is 0 Å². The van der Waals surface area contributed by atoms with Crippen molar-refractivity contribution in [3.63, 3.8) is 0 Å². The van der Waals surface area contributed by atoms with Crippen LogP contribution in [0.3, 0.4) is 0 Å². The molecule has 1 rings (SSSR count). The van der Waals surface area contributed by atoms with E-state index in [1.165, 1.54) is 4.90 Å². The van der Waals surface area contributed by atoms with E-state index in [4.69, 9.17) is 14.9 Å². The summed E-state index contributed by atoms with van der Waals surface area (Å²) in [6.07, 6.45) is 2.47. The summed E-state index contributed by atoms with van der Waals surface area (Å²) in [5.41, 5.74) is 0. The molecule has 2 N–H and O–H groups in total. The van der Waals surface area contributed by atoms with Gasteiger partial charge in [0.1, 0.15) is 0 Å². The van der Waals surface area contributed by atoms with Crippen molar-refractivity contribution in [3.05, 3.63) is 11.8 Å². The summed E-state index contributed by atoms with van der Waals surface area (Å²) in [4.78, 5) is 13.0. The Balaban J connectivity index is 2.53. The standard InChI is InChI=1S/C9H15NO4/c11-5-3-10(4-6-12)9(13)8-2-1-7-14-8/h2,11-12H,1,3-7H2. The Bertz CT molecular complexity index is 221. The van der Waals surface area contributed by atoms with Gasteiger partial charge in [-0.2, -0.15) is 0 Å². The summed E-state index contributed by atoms with van der Waals surface area (Å²) in [5.74, 6) is 0.0671. The first-order valence-corrected chi connectivity index (χ1v) is 4.63. The summed E-state index contributed by atoms with van der Waals surface area (Å²) in [6.45, 7) is 0.755. The number of ether oxygens (including phenoxy) is 1. The van der Waals surface area contributed by atoms with Gasteiger partial charge in [-0.15, -0.1) is 0 Å². The van der Waals surface area contributed by atoms with E-state index in [9.17, 15) is 4.79 Å². The molecule has 1 aliphatic rings. The van der Waals surface area contributed by atoms with Crippen LogP contribution in [0.5, 0.6) is 0 Å². The molecular weight excluding hydrogens is 186 g/mol. The second kappa shape index (κ2) is 5.62. The maximum atomic E-state index is 11.6. The van der Waals surface area contributed by atoms with Crippen LogP contribution in [0.25, 0.3) is 0 Å². The normalized spacial score (nSPS) is 14.9. The molecule has 0 aromatic heterocycles. The second-order valence-electron chi connectivity index (χ2n) is 2.94. The average molecular weight is 201 g/mol. The van der Waals surface area contributed by atoms with Crippen LogP contribution in [-0.2, 0) is 9.53 Å². The third-order valence-electron chi connectivity index (χ3n) is 1.94. The Morgan fingerprint density at radius 2 is 2.07 bits per heavy atom. The molecule has 0 saturated heterocycles. The quantitative estimate of drug-likeness (QED) is 0.605. The lowest BCUT2D eigenvalue weighted by atomic mass is 10.3. The highest BCUT2D eigenvalue weighted by molar-refractivity contribution is 5.91. The van der Waals surface area contributed by atoms with Gasteiger partial charge in [0.15, 0.2) is 5.76 Å². The maximum Gasteiger partial charge on any atom is 0.288 e. The van der Waals surface area contributed by atoms with E-state index in [1.54, 1.807) is 6.08 Å². The third-order valence-corrected chi connectivity index (χ3v) is 1.94. The van der Waals surface area contributed by atoms with Crippen LogP contribution < -0.4 is 0 Å². The van der Waals surface area contributed by atoms with Crippen molar-refractivity contribution in [1.29, 1.82) is 0 Å². The molecule has 80 valence electrons. The molecule has 0 radical (unpaired) electrons. The van der Waals surface area contributed by atoms with Crippen molar-refractivity contribution in [3.8, 4) is 0 Å². The zero-order chi connectivity index (χ0) is 10.4. The van der Waals surface area contributed by atoms with Gasteiger partial charge < -0.3 is 19.8 Å². The van der Waals surface area contributed by atoms with Gasteiger partial charge in [-0.1, -0.05) is 0 Å². The molecule has 1 aliphatic heterocycles. The van der Waals surface area contributed by atoms with E-state index in [2.05, 4.69) is 0 Å². The zero-order valence-electron chi connectivity index (χ0n) is 7.98. The van der Waals surface area contributed by atoms with Crippen molar-refractivity contribution in [1.82, 2.24) is 4.90 Å². The SMILES string of the molecule is O=C(C1=CCCO1)N(CCO)CCO. The van der Waals surface area contributed by atoms with E-state index in [-0.39, 0.29) is 32.2 Å². The molecule has 0 aromatic rings. The minimum absolute atomic E-state index is 0.112. The van der Waals surface area contributed by atoms with Gasteiger partial charge in [-0.3, -0.25) is 4.79 Å². The van der Waals surface area contributed by atoms with Crippen LogP contribution in [0.4, 0.5) is 0 Å². The summed E-state index contributed by atoms with van der Waals surface area (Å²) in [6, 6.07) is 0. The second-order valence-corrected chi connectivity index (χ2v) is 2.94. The topological polar surface area (TPSA) is 70.0 Å². The highest BCUT2D eigenvalue weighted by atomic mass is 16.5. The fourth-order valence-electron chi connectivity index (χ4n) is 1.28. The lowest BCUT2D eigenvalue weighted by Crippen LogP contribution is -2.36. The van der Waals surface area contributed by atoms with E-state index in [0.717, 1.165) is 6.42 Å². The van der Waals surface area contributed by atoms with Gasteiger partial charge in [0.2, 0.25) is 0 Å². The number of aliphatic hydroxyl groups excluding tert-OH is 2. The Labute approximate surface area is 82.6 Å². The lowest BCUT2D eigenvalue weighted by molar-refractivity contribution is -0.131. The monoisotopic (exact) mass is 201 g/mol. The number of aliphatic hydroxyl groups is 2. The van der Waals surface area contributed by atoms with Gasteiger partial charge in [0.05, 0.1) is 19.8 Å². The maximum absolute atomic E-state index is 11.6. The molecule has 0 aliphatic carbocycles. The molecule has 14 heavy (non-hydrogen) atoms. The number of hydrogen-bond acceptors (Lipinski definition) is 4. The van der Waals surface area contributed by atoms with Gasteiger partial charge >= 0.3 is 0 Å². The van der Waals surface area contributed by atoms with Gasteiger partial charge in [0.25, 0.3) is 5.91 Å². The van der Waals surface area contributed by atoms with Crippen LogP contribution >= 0.6 is 0 Å². The largest absolute Gasteiger partial charge is 0.488 e. The minimum Gasteiger partial charge on any atom is -0.488 e. The number of carbonyl (C=O) groups is 1. The zero-order valence-corrected chi connectivity index (χ0v) is 7.98. The number of amides is 1. The van der Waals surface area contributed by atoms with Crippen LogP contribution in [0, 0.1) is 0 Å². The number of rotatable bonds is 5. The van der Waals surface area contributed by atoms with Crippen molar-refractivity contribution in [2.45, 2.75) is 6.42 Å². The predicted octanol–water partition coefficient (Wildman–Crippen LogP) is -0.896. The number of carbonyl (C=O) groups excluding carboxylic acids is 1. The summed E-state index contributed by atoms with van der Waals surface area (Å²) < 4.78 is 5.09. The Hall–Kier alpha value is -1.07. The van der Waals surface area contributed by atoms with Crippen molar-refractivity contribution in [2.24, 2.45) is 0 Å². The molecule has 0 saturated carbocycles. The van der Waals surface area contributed by atoms with E-state index in [1.807, 2.05) is 0 Å². The summed E-state index contributed by atoms with van der Waals surface area (Å²) in [5, 5.41) is 17.4. The van der Waals surface area contributed by atoms with Crippen LogP contribution in [-0.4, -0.2) is 53.9 Å². The van der Waals surface area contributed by atoms with Gasteiger partial charge in [-0.05, 0) is 6.08 Å². The molecule has 5 nitrogen and oxygen atoms in total. The molecule has 0 unspecified atom stereocenters. The van der Waals surface area contributed by atoms with Crippen molar-refractivity contribution >= 4 is 5.91 Å². The van der Waals surface area contributed by atoms with Crippen LogP contribution in [0.15, 0.2) is 11.8 Å².